The molecule has 1 aromatic heterocycles. The molecular formula is C15H19N3O2S. The van der Waals surface area contributed by atoms with Crippen molar-refractivity contribution in [3.63, 3.8) is 0 Å². The number of hydrogen-bond acceptors (Lipinski definition) is 4. The number of thiocarbonyl (C=S) groups is 1. The number of amides is 1. The van der Waals surface area contributed by atoms with Crippen molar-refractivity contribution in [2.45, 2.75) is 51.3 Å². The molecule has 2 heterocycles. The lowest BCUT2D eigenvalue weighted by Crippen LogP contribution is -2.30. The molecule has 1 saturated heterocycles. The van der Waals surface area contributed by atoms with E-state index in [1.165, 1.54) is 12.8 Å². The number of hydrogen-bond donors (Lipinski definition) is 1. The fourth-order valence-corrected chi connectivity index (χ4v) is 3.11. The molecule has 6 heteroatoms. The molecule has 2 fully saturated rings. The van der Waals surface area contributed by atoms with Gasteiger partial charge in [0.05, 0.1) is 6.54 Å². The van der Waals surface area contributed by atoms with Gasteiger partial charge >= 0.3 is 0 Å². The zero-order valence-electron chi connectivity index (χ0n) is 12.0. The SMILES string of the molecule is C[C@H]1NC(=S)N(Cc2ccnc(OC3CCCC3)c2)C1=O. The third kappa shape index (κ3) is 3.15. The van der Waals surface area contributed by atoms with Crippen LogP contribution in [0.1, 0.15) is 38.2 Å². The van der Waals surface area contributed by atoms with Gasteiger partial charge in [0.25, 0.3) is 5.91 Å². The largest absolute Gasteiger partial charge is 0.474 e. The lowest BCUT2D eigenvalue weighted by molar-refractivity contribution is -0.127. The van der Waals surface area contributed by atoms with Crippen molar-refractivity contribution in [1.29, 1.82) is 0 Å². The highest BCUT2D eigenvalue weighted by molar-refractivity contribution is 7.80. The Bertz CT molecular complexity index is 558. The number of rotatable bonds is 4. The number of nitrogens with zero attached hydrogens (tertiary/aromatic N) is 2. The van der Waals surface area contributed by atoms with Crippen LogP contribution < -0.4 is 10.1 Å². The second kappa shape index (κ2) is 5.97. The van der Waals surface area contributed by atoms with Crippen molar-refractivity contribution in [3.05, 3.63) is 23.9 Å². The van der Waals surface area contributed by atoms with E-state index in [4.69, 9.17) is 17.0 Å². The first-order chi connectivity index (χ1) is 10.1. The molecule has 0 unspecified atom stereocenters. The molecule has 1 aliphatic heterocycles. The van der Waals surface area contributed by atoms with Crippen molar-refractivity contribution in [2.24, 2.45) is 0 Å². The van der Waals surface area contributed by atoms with Crippen molar-refractivity contribution < 1.29 is 9.53 Å². The zero-order valence-corrected chi connectivity index (χ0v) is 12.9. The summed E-state index contributed by atoms with van der Waals surface area (Å²) in [6.07, 6.45) is 6.66. The van der Waals surface area contributed by atoms with Gasteiger partial charge in [0.15, 0.2) is 5.11 Å². The van der Waals surface area contributed by atoms with Crippen LogP contribution in [0.3, 0.4) is 0 Å². The molecule has 1 aromatic rings. The normalized spacial score (nSPS) is 22.7. The van der Waals surface area contributed by atoms with Gasteiger partial charge in [-0.15, -0.1) is 0 Å². The van der Waals surface area contributed by atoms with Gasteiger partial charge in [-0.1, -0.05) is 0 Å². The molecule has 1 aliphatic carbocycles. The lowest BCUT2D eigenvalue weighted by Gasteiger charge is -2.16. The Hall–Kier alpha value is -1.69. The summed E-state index contributed by atoms with van der Waals surface area (Å²) in [5, 5.41) is 3.46. The van der Waals surface area contributed by atoms with Crippen LogP contribution in [0.5, 0.6) is 5.88 Å². The topological polar surface area (TPSA) is 54.5 Å². The average molecular weight is 305 g/mol. The van der Waals surface area contributed by atoms with Gasteiger partial charge in [-0.3, -0.25) is 9.69 Å². The zero-order chi connectivity index (χ0) is 14.8. The van der Waals surface area contributed by atoms with Crippen LogP contribution in [0.4, 0.5) is 0 Å². The summed E-state index contributed by atoms with van der Waals surface area (Å²) in [5.41, 5.74) is 0.976. The van der Waals surface area contributed by atoms with Crippen LogP contribution in [0.15, 0.2) is 18.3 Å². The van der Waals surface area contributed by atoms with E-state index < -0.39 is 0 Å². The first-order valence-electron chi connectivity index (χ1n) is 7.37. The van der Waals surface area contributed by atoms with Crippen LogP contribution in [0, 0.1) is 0 Å². The Morgan fingerprint density at radius 2 is 2.24 bits per heavy atom. The van der Waals surface area contributed by atoms with Crippen LogP contribution in [-0.2, 0) is 11.3 Å². The number of carbonyl (C=O) groups is 1. The molecule has 1 atom stereocenters. The summed E-state index contributed by atoms with van der Waals surface area (Å²) in [4.78, 5) is 17.9. The van der Waals surface area contributed by atoms with E-state index in [0.29, 0.717) is 17.5 Å². The molecule has 1 saturated carbocycles. The van der Waals surface area contributed by atoms with Gasteiger partial charge in [-0.05, 0) is 56.5 Å². The van der Waals surface area contributed by atoms with E-state index in [0.717, 1.165) is 18.4 Å². The Kier molecular flexibility index (Phi) is 4.05. The minimum absolute atomic E-state index is 0.00933. The molecule has 1 N–H and O–H groups in total. The fourth-order valence-electron chi connectivity index (χ4n) is 2.78. The first kappa shape index (κ1) is 14.3. The molecule has 0 bridgehead atoms. The summed E-state index contributed by atoms with van der Waals surface area (Å²) >= 11 is 5.19. The summed E-state index contributed by atoms with van der Waals surface area (Å²) in [6, 6.07) is 3.55. The minimum atomic E-state index is -0.242. The maximum Gasteiger partial charge on any atom is 0.251 e. The fraction of sp³-hybridized carbons (Fsp3) is 0.533. The first-order valence-corrected chi connectivity index (χ1v) is 7.78. The van der Waals surface area contributed by atoms with E-state index in [2.05, 4.69) is 10.3 Å². The van der Waals surface area contributed by atoms with Gasteiger partial charge in [0.1, 0.15) is 12.1 Å². The summed E-state index contributed by atoms with van der Waals surface area (Å²) < 4.78 is 5.89. The Balaban J connectivity index is 1.68. The van der Waals surface area contributed by atoms with Crippen molar-refractivity contribution >= 4 is 23.2 Å². The van der Waals surface area contributed by atoms with E-state index in [9.17, 15) is 4.79 Å². The lowest BCUT2D eigenvalue weighted by atomic mass is 10.2. The highest BCUT2D eigenvalue weighted by Crippen LogP contribution is 2.23. The molecule has 112 valence electrons. The van der Waals surface area contributed by atoms with E-state index in [1.54, 1.807) is 11.1 Å². The summed E-state index contributed by atoms with van der Waals surface area (Å²) in [5.74, 6) is 0.646. The second-order valence-corrected chi connectivity index (χ2v) is 6.01. The number of ether oxygens (including phenoxy) is 1. The van der Waals surface area contributed by atoms with Gasteiger partial charge in [0, 0.05) is 12.3 Å². The number of aromatic nitrogens is 1. The minimum Gasteiger partial charge on any atom is -0.474 e. The van der Waals surface area contributed by atoms with Crippen molar-refractivity contribution in [2.75, 3.05) is 0 Å². The molecule has 2 aliphatic rings. The van der Waals surface area contributed by atoms with Gasteiger partial charge < -0.3 is 10.1 Å². The Morgan fingerprint density at radius 1 is 1.48 bits per heavy atom. The number of nitrogens with one attached hydrogen (secondary N) is 1. The van der Waals surface area contributed by atoms with Gasteiger partial charge in [-0.25, -0.2) is 4.98 Å². The van der Waals surface area contributed by atoms with E-state index in [1.807, 2.05) is 19.1 Å². The molecule has 5 nitrogen and oxygen atoms in total. The predicted octanol–water partition coefficient (Wildman–Crippen LogP) is 2.01. The Morgan fingerprint density at radius 3 is 2.90 bits per heavy atom. The molecule has 0 radical (unpaired) electrons. The molecule has 21 heavy (non-hydrogen) atoms. The quantitative estimate of drug-likeness (QED) is 0.862. The van der Waals surface area contributed by atoms with E-state index >= 15 is 0 Å². The van der Waals surface area contributed by atoms with Crippen LogP contribution in [-0.4, -0.2) is 33.0 Å². The standard InChI is InChI=1S/C15H19N3O2S/c1-10-14(19)18(15(21)17-10)9-11-6-7-16-13(8-11)20-12-4-2-3-5-12/h6-8,10,12H,2-5,9H2,1H3,(H,17,21)/t10-/m1/s1. The summed E-state index contributed by atoms with van der Waals surface area (Å²) in [7, 11) is 0. The number of pyridine rings is 1. The van der Waals surface area contributed by atoms with Gasteiger partial charge in [-0.2, -0.15) is 0 Å². The molecule has 0 spiro atoms. The predicted molar refractivity (Wildman–Crippen MR) is 82.9 cm³/mol. The number of carbonyl (C=O) groups excluding carboxylic acids is 1. The highest BCUT2D eigenvalue weighted by atomic mass is 32.1. The maximum absolute atomic E-state index is 12.0. The van der Waals surface area contributed by atoms with Crippen LogP contribution >= 0.6 is 12.2 Å². The van der Waals surface area contributed by atoms with Crippen molar-refractivity contribution in [1.82, 2.24) is 15.2 Å². The van der Waals surface area contributed by atoms with Crippen molar-refractivity contribution in [3.8, 4) is 5.88 Å². The smallest absolute Gasteiger partial charge is 0.251 e. The van der Waals surface area contributed by atoms with Gasteiger partial charge in [0.2, 0.25) is 5.88 Å². The molecule has 3 rings (SSSR count). The third-order valence-electron chi connectivity index (χ3n) is 3.95. The maximum atomic E-state index is 12.0. The third-order valence-corrected chi connectivity index (χ3v) is 4.29. The second-order valence-electron chi connectivity index (χ2n) is 5.62. The Labute approximate surface area is 129 Å². The van der Waals surface area contributed by atoms with Crippen LogP contribution in [0.2, 0.25) is 0 Å². The van der Waals surface area contributed by atoms with Crippen LogP contribution in [0.25, 0.3) is 0 Å². The molecule has 1 amide bonds. The highest BCUT2D eigenvalue weighted by Gasteiger charge is 2.32. The molecular weight excluding hydrogens is 286 g/mol. The summed E-state index contributed by atoms with van der Waals surface area (Å²) in [6.45, 7) is 2.27. The molecule has 0 aromatic carbocycles. The monoisotopic (exact) mass is 305 g/mol. The average Bonchev–Trinajstić information content (AvgIpc) is 3.04. The van der Waals surface area contributed by atoms with E-state index in [-0.39, 0.29) is 18.1 Å².